The maximum atomic E-state index is 12.4. The number of carbonyl (C=O) groups is 2. The molecule has 6 heteroatoms. The standard InChI is InChI=1S/C15H19N3O2S/c1-5-17-9(3)7-11(10(17)4)8-12-13(19)16-15(21)18(6-2)14(12)20/h7-8H,5-6H2,1-4H3,(H,16,19,21)/b12-8+. The van der Waals surface area contributed by atoms with Gasteiger partial charge in [-0.3, -0.25) is 19.8 Å². The molecule has 2 heterocycles. The first kappa shape index (κ1) is 15.4. The highest BCUT2D eigenvalue weighted by Gasteiger charge is 2.32. The summed E-state index contributed by atoms with van der Waals surface area (Å²) in [6, 6.07) is 1.98. The van der Waals surface area contributed by atoms with E-state index < -0.39 is 5.91 Å². The van der Waals surface area contributed by atoms with Gasteiger partial charge in [-0.15, -0.1) is 0 Å². The number of aromatic nitrogens is 1. The van der Waals surface area contributed by atoms with Gasteiger partial charge in [0.2, 0.25) is 0 Å². The monoisotopic (exact) mass is 305 g/mol. The Morgan fingerprint density at radius 3 is 2.43 bits per heavy atom. The molecule has 0 spiro atoms. The van der Waals surface area contributed by atoms with Crippen LogP contribution in [0.3, 0.4) is 0 Å². The molecule has 0 unspecified atom stereocenters. The van der Waals surface area contributed by atoms with E-state index >= 15 is 0 Å². The normalized spacial score (nSPS) is 17.6. The number of likely N-dealkylation sites (N-methyl/N-ethyl adjacent to an activating group) is 1. The molecule has 1 saturated heterocycles. The molecule has 1 aromatic rings. The van der Waals surface area contributed by atoms with Crippen LogP contribution in [0, 0.1) is 13.8 Å². The number of hydrogen-bond acceptors (Lipinski definition) is 3. The first-order valence-corrected chi connectivity index (χ1v) is 7.37. The Labute approximate surface area is 129 Å². The summed E-state index contributed by atoms with van der Waals surface area (Å²) in [5, 5.41) is 2.73. The summed E-state index contributed by atoms with van der Waals surface area (Å²) in [6.45, 7) is 9.16. The molecule has 1 aromatic heterocycles. The van der Waals surface area contributed by atoms with Crippen molar-refractivity contribution >= 4 is 35.2 Å². The minimum absolute atomic E-state index is 0.127. The minimum atomic E-state index is -0.434. The molecule has 0 radical (unpaired) electrons. The van der Waals surface area contributed by atoms with Crippen LogP contribution in [0.15, 0.2) is 11.6 Å². The van der Waals surface area contributed by atoms with E-state index in [1.54, 1.807) is 6.08 Å². The summed E-state index contributed by atoms with van der Waals surface area (Å²) < 4.78 is 2.14. The van der Waals surface area contributed by atoms with Crippen molar-refractivity contribution in [2.24, 2.45) is 0 Å². The largest absolute Gasteiger partial charge is 0.349 e. The molecule has 0 aromatic carbocycles. The average molecular weight is 305 g/mol. The molecule has 1 aliphatic rings. The van der Waals surface area contributed by atoms with Crippen molar-refractivity contribution < 1.29 is 9.59 Å². The highest BCUT2D eigenvalue weighted by molar-refractivity contribution is 7.80. The first-order valence-electron chi connectivity index (χ1n) is 6.96. The lowest BCUT2D eigenvalue weighted by Crippen LogP contribution is -2.53. The highest BCUT2D eigenvalue weighted by Crippen LogP contribution is 2.20. The summed E-state index contributed by atoms with van der Waals surface area (Å²) in [5.74, 6) is -0.774. The number of amides is 2. The van der Waals surface area contributed by atoms with Crippen LogP contribution < -0.4 is 5.32 Å². The second kappa shape index (κ2) is 5.81. The van der Waals surface area contributed by atoms with Crippen LogP contribution in [0.2, 0.25) is 0 Å². The van der Waals surface area contributed by atoms with Crippen molar-refractivity contribution in [1.82, 2.24) is 14.8 Å². The predicted octanol–water partition coefficient (Wildman–Crippen LogP) is 1.77. The Balaban J connectivity index is 2.46. The predicted molar refractivity (Wildman–Crippen MR) is 85.7 cm³/mol. The molecule has 2 rings (SSSR count). The molecule has 1 N–H and O–H groups in total. The van der Waals surface area contributed by atoms with Gasteiger partial charge in [0, 0.05) is 24.5 Å². The van der Waals surface area contributed by atoms with Crippen molar-refractivity contribution in [3.05, 3.63) is 28.6 Å². The van der Waals surface area contributed by atoms with Gasteiger partial charge < -0.3 is 4.57 Å². The van der Waals surface area contributed by atoms with Crippen molar-refractivity contribution in [2.45, 2.75) is 34.2 Å². The molecule has 21 heavy (non-hydrogen) atoms. The fraction of sp³-hybridized carbons (Fsp3) is 0.400. The second-order valence-corrected chi connectivity index (χ2v) is 5.32. The SMILES string of the molecule is CCN1C(=O)/C(=C/c2cc(C)n(CC)c2C)C(=O)NC1=S. The van der Waals surface area contributed by atoms with Crippen molar-refractivity contribution in [3.63, 3.8) is 0 Å². The lowest BCUT2D eigenvalue weighted by atomic mass is 10.1. The average Bonchev–Trinajstić information content (AvgIpc) is 2.69. The zero-order valence-electron chi connectivity index (χ0n) is 12.7. The molecule has 5 nitrogen and oxygen atoms in total. The summed E-state index contributed by atoms with van der Waals surface area (Å²) in [6.07, 6.45) is 1.65. The van der Waals surface area contributed by atoms with Gasteiger partial charge >= 0.3 is 0 Å². The third-order valence-electron chi connectivity index (χ3n) is 3.73. The Kier molecular flexibility index (Phi) is 4.27. The van der Waals surface area contributed by atoms with E-state index in [1.165, 1.54) is 4.90 Å². The van der Waals surface area contributed by atoms with Gasteiger partial charge in [0.05, 0.1) is 0 Å². The van der Waals surface area contributed by atoms with Crippen molar-refractivity contribution in [1.29, 1.82) is 0 Å². The number of hydrogen-bond donors (Lipinski definition) is 1. The van der Waals surface area contributed by atoms with E-state index in [2.05, 4.69) is 16.8 Å². The Hall–Kier alpha value is -1.95. The molecule has 0 aliphatic carbocycles. The fourth-order valence-corrected chi connectivity index (χ4v) is 2.90. The third kappa shape index (κ3) is 2.63. The molecule has 0 bridgehead atoms. The molecule has 0 saturated carbocycles. The van der Waals surface area contributed by atoms with Crippen LogP contribution in [0.4, 0.5) is 0 Å². The quantitative estimate of drug-likeness (QED) is 0.526. The minimum Gasteiger partial charge on any atom is -0.349 e. The summed E-state index contributed by atoms with van der Waals surface area (Å²) in [4.78, 5) is 25.8. The van der Waals surface area contributed by atoms with Crippen LogP contribution in [0.1, 0.15) is 30.8 Å². The molecule has 0 atom stereocenters. The smallest absolute Gasteiger partial charge is 0.265 e. The molecule has 112 valence electrons. The molecular weight excluding hydrogens is 286 g/mol. The van der Waals surface area contributed by atoms with Crippen LogP contribution in [0.25, 0.3) is 6.08 Å². The van der Waals surface area contributed by atoms with Crippen LogP contribution in [0.5, 0.6) is 0 Å². The van der Waals surface area contributed by atoms with Crippen molar-refractivity contribution in [2.75, 3.05) is 6.54 Å². The van der Waals surface area contributed by atoms with Crippen LogP contribution >= 0.6 is 12.2 Å². The number of carbonyl (C=O) groups excluding carboxylic acids is 2. The lowest BCUT2D eigenvalue weighted by Gasteiger charge is -2.27. The Morgan fingerprint density at radius 2 is 1.90 bits per heavy atom. The lowest BCUT2D eigenvalue weighted by molar-refractivity contribution is -0.128. The fourth-order valence-electron chi connectivity index (χ4n) is 2.60. The van der Waals surface area contributed by atoms with Gasteiger partial charge in [0.15, 0.2) is 5.11 Å². The summed E-state index contributed by atoms with van der Waals surface area (Å²) >= 11 is 5.01. The molecule has 2 amide bonds. The van der Waals surface area contributed by atoms with Crippen LogP contribution in [-0.4, -0.2) is 32.9 Å². The number of nitrogens with one attached hydrogen (secondary N) is 1. The highest BCUT2D eigenvalue weighted by atomic mass is 32.1. The van der Waals surface area contributed by atoms with Gasteiger partial charge in [0.25, 0.3) is 11.8 Å². The zero-order valence-corrected chi connectivity index (χ0v) is 13.5. The van der Waals surface area contributed by atoms with E-state index in [0.717, 1.165) is 23.5 Å². The van der Waals surface area contributed by atoms with Gasteiger partial charge in [0.1, 0.15) is 5.57 Å². The third-order valence-corrected chi connectivity index (χ3v) is 4.05. The van der Waals surface area contributed by atoms with Gasteiger partial charge in [-0.1, -0.05) is 0 Å². The first-order chi connectivity index (χ1) is 9.90. The number of nitrogens with zero attached hydrogens (tertiary/aromatic N) is 2. The Morgan fingerprint density at radius 1 is 1.24 bits per heavy atom. The molecular formula is C15H19N3O2S. The van der Waals surface area contributed by atoms with Gasteiger partial charge in [-0.05, 0) is 57.6 Å². The van der Waals surface area contributed by atoms with Crippen LogP contribution in [-0.2, 0) is 16.1 Å². The van der Waals surface area contributed by atoms with E-state index in [9.17, 15) is 9.59 Å². The van der Waals surface area contributed by atoms with E-state index in [0.29, 0.717) is 6.54 Å². The zero-order chi connectivity index (χ0) is 15.7. The van der Waals surface area contributed by atoms with Crippen molar-refractivity contribution in [3.8, 4) is 0 Å². The van der Waals surface area contributed by atoms with E-state index in [-0.39, 0.29) is 16.6 Å². The molecule has 1 aliphatic heterocycles. The Bertz CT molecular complexity index is 658. The number of aryl methyl sites for hydroxylation is 1. The topological polar surface area (TPSA) is 54.3 Å². The van der Waals surface area contributed by atoms with E-state index in [4.69, 9.17) is 12.2 Å². The number of thiocarbonyl (C=S) groups is 1. The van der Waals surface area contributed by atoms with Gasteiger partial charge in [-0.2, -0.15) is 0 Å². The van der Waals surface area contributed by atoms with Gasteiger partial charge in [-0.25, -0.2) is 0 Å². The van der Waals surface area contributed by atoms with E-state index in [1.807, 2.05) is 26.8 Å². The summed E-state index contributed by atoms with van der Waals surface area (Å²) in [5.41, 5.74) is 3.16. The molecule has 1 fully saturated rings. The summed E-state index contributed by atoms with van der Waals surface area (Å²) in [7, 11) is 0. The second-order valence-electron chi connectivity index (χ2n) is 4.94. The number of rotatable bonds is 3. The maximum absolute atomic E-state index is 12.4. The maximum Gasteiger partial charge on any atom is 0.265 e.